The van der Waals surface area contributed by atoms with Crippen molar-refractivity contribution in [3.05, 3.63) is 50.3 Å². The fraction of sp³-hybridized carbons (Fsp3) is 0. The third kappa shape index (κ3) is 3.28. The molecule has 2 heterocycles. The molecule has 1 N–H and O–H groups in total. The lowest BCUT2D eigenvalue weighted by Crippen LogP contribution is -2.15. The van der Waals surface area contributed by atoms with Gasteiger partial charge in [0.15, 0.2) is 0 Å². The predicted octanol–water partition coefficient (Wildman–Crippen LogP) is 4.34. The van der Waals surface area contributed by atoms with Crippen LogP contribution in [0.4, 0.5) is 5.82 Å². The molecule has 0 saturated heterocycles. The molecule has 0 aliphatic carbocycles. The second-order valence-electron chi connectivity index (χ2n) is 3.40. The van der Waals surface area contributed by atoms with Gasteiger partial charge in [0.1, 0.15) is 11.5 Å². The second kappa shape index (κ2) is 5.92. The van der Waals surface area contributed by atoms with E-state index in [1.54, 1.807) is 12.1 Å². The fourth-order valence-electron chi connectivity index (χ4n) is 1.23. The lowest BCUT2D eigenvalue weighted by Gasteiger charge is -2.07. The van der Waals surface area contributed by atoms with Crippen LogP contribution in [-0.4, -0.2) is 15.9 Å². The first-order valence-corrected chi connectivity index (χ1v) is 6.42. The summed E-state index contributed by atoms with van der Waals surface area (Å²) in [5.74, 6) is -0.225. The maximum atomic E-state index is 12.0. The molecule has 4 nitrogen and oxygen atoms in total. The van der Waals surface area contributed by atoms with Gasteiger partial charge in [-0.1, -0.05) is 46.4 Å². The van der Waals surface area contributed by atoms with Crippen LogP contribution in [0, 0.1) is 0 Å². The minimum Gasteiger partial charge on any atom is -0.305 e. The van der Waals surface area contributed by atoms with Crippen molar-refractivity contribution < 1.29 is 4.79 Å². The van der Waals surface area contributed by atoms with Crippen LogP contribution in [0.25, 0.3) is 0 Å². The van der Waals surface area contributed by atoms with Gasteiger partial charge in [-0.05, 0) is 12.1 Å². The number of aromatic nitrogens is 2. The van der Waals surface area contributed by atoms with Gasteiger partial charge in [-0.3, -0.25) is 4.79 Å². The number of hydrogen-bond donors (Lipinski definition) is 1. The third-order valence-electron chi connectivity index (χ3n) is 2.10. The molecule has 98 valence electrons. The maximum absolute atomic E-state index is 12.0. The standard InChI is InChI=1S/C11H5Cl4N3O/c12-5-1-2-7(16-3-5)18-11(19)10-9(15)8(14)6(13)4-17-10/h1-4H,(H,16,18,19). The normalized spacial score (nSPS) is 10.3. The van der Waals surface area contributed by atoms with E-state index in [9.17, 15) is 4.79 Å². The van der Waals surface area contributed by atoms with Gasteiger partial charge in [-0.15, -0.1) is 0 Å². The minimum absolute atomic E-state index is 0.0133. The Labute approximate surface area is 128 Å². The van der Waals surface area contributed by atoms with E-state index >= 15 is 0 Å². The third-order valence-corrected chi connectivity index (χ3v) is 3.57. The van der Waals surface area contributed by atoms with Crippen LogP contribution in [0.3, 0.4) is 0 Å². The highest BCUT2D eigenvalue weighted by Gasteiger charge is 2.17. The highest BCUT2D eigenvalue weighted by atomic mass is 35.5. The van der Waals surface area contributed by atoms with E-state index in [2.05, 4.69) is 15.3 Å². The Bertz CT molecular complexity index is 631. The Hall–Kier alpha value is -1.07. The Morgan fingerprint density at radius 1 is 1.00 bits per heavy atom. The number of nitrogens with one attached hydrogen (secondary N) is 1. The van der Waals surface area contributed by atoms with Crippen LogP contribution < -0.4 is 5.32 Å². The first-order chi connectivity index (χ1) is 8.99. The summed E-state index contributed by atoms with van der Waals surface area (Å²) < 4.78 is 0. The van der Waals surface area contributed by atoms with Crippen LogP contribution in [0.2, 0.25) is 20.1 Å². The van der Waals surface area contributed by atoms with Gasteiger partial charge in [0.2, 0.25) is 0 Å². The lowest BCUT2D eigenvalue weighted by atomic mass is 10.3. The fourth-order valence-corrected chi connectivity index (χ4v) is 1.91. The molecule has 2 aromatic rings. The van der Waals surface area contributed by atoms with E-state index in [1.807, 2.05) is 0 Å². The van der Waals surface area contributed by atoms with Crippen LogP contribution in [0.15, 0.2) is 24.5 Å². The number of carbonyl (C=O) groups is 1. The summed E-state index contributed by atoms with van der Waals surface area (Å²) in [5, 5.41) is 3.21. The van der Waals surface area contributed by atoms with Crippen LogP contribution in [0.5, 0.6) is 0 Å². The van der Waals surface area contributed by atoms with E-state index in [4.69, 9.17) is 46.4 Å². The Balaban J connectivity index is 2.25. The zero-order valence-electron chi connectivity index (χ0n) is 9.12. The number of pyridine rings is 2. The van der Waals surface area contributed by atoms with Crippen LogP contribution >= 0.6 is 46.4 Å². The second-order valence-corrected chi connectivity index (χ2v) is 5.00. The van der Waals surface area contributed by atoms with E-state index in [0.29, 0.717) is 10.8 Å². The zero-order chi connectivity index (χ0) is 14.0. The molecule has 0 spiro atoms. The molecule has 8 heteroatoms. The topological polar surface area (TPSA) is 54.9 Å². The summed E-state index contributed by atoms with van der Waals surface area (Å²) in [7, 11) is 0. The number of carbonyl (C=O) groups excluding carboxylic acids is 1. The molecule has 0 aliphatic rings. The lowest BCUT2D eigenvalue weighted by molar-refractivity contribution is 0.102. The SMILES string of the molecule is O=C(Nc1ccc(Cl)cn1)c1ncc(Cl)c(Cl)c1Cl. The molecule has 0 saturated carbocycles. The molecule has 1 amide bonds. The first-order valence-electron chi connectivity index (χ1n) is 4.91. The Morgan fingerprint density at radius 2 is 1.74 bits per heavy atom. The van der Waals surface area contributed by atoms with Gasteiger partial charge in [0.25, 0.3) is 5.91 Å². The molecule has 2 rings (SSSR count). The number of rotatable bonds is 2. The molecular formula is C11H5Cl4N3O. The smallest absolute Gasteiger partial charge is 0.277 e. The van der Waals surface area contributed by atoms with Crippen molar-refractivity contribution in [2.45, 2.75) is 0 Å². The molecule has 0 unspecified atom stereocenters. The summed E-state index contributed by atoms with van der Waals surface area (Å²) in [4.78, 5) is 19.7. The largest absolute Gasteiger partial charge is 0.305 e. The number of anilines is 1. The number of hydrogen-bond acceptors (Lipinski definition) is 3. The highest BCUT2D eigenvalue weighted by Crippen LogP contribution is 2.31. The highest BCUT2D eigenvalue weighted by molar-refractivity contribution is 6.49. The van der Waals surface area contributed by atoms with Crippen molar-refractivity contribution in [3.8, 4) is 0 Å². The van der Waals surface area contributed by atoms with Crippen molar-refractivity contribution >= 4 is 58.1 Å². The Kier molecular flexibility index (Phi) is 4.47. The summed E-state index contributed by atoms with van der Waals surface area (Å²) in [5.41, 5.74) is -0.0344. The molecule has 0 aromatic carbocycles. The van der Waals surface area contributed by atoms with E-state index in [-0.39, 0.29) is 20.8 Å². The molecule has 0 aliphatic heterocycles. The quantitative estimate of drug-likeness (QED) is 0.887. The molecule has 0 bridgehead atoms. The van der Waals surface area contributed by atoms with Crippen molar-refractivity contribution in [1.82, 2.24) is 9.97 Å². The maximum Gasteiger partial charge on any atom is 0.277 e. The predicted molar refractivity (Wildman–Crippen MR) is 76.5 cm³/mol. The average Bonchev–Trinajstić information content (AvgIpc) is 2.39. The molecule has 0 atom stereocenters. The van der Waals surface area contributed by atoms with Gasteiger partial charge in [-0.25, -0.2) is 9.97 Å². The van der Waals surface area contributed by atoms with Gasteiger partial charge in [0.05, 0.1) is 20.1 Å². The summed E-state index contributed by atoms with van der Waals surface area (Å²) in [6.07, 6.45) is 2.65. The molecule has 2 aromatic heterocycles. The van der Waals surface area contributed by atoms with Gasteiger partial charge in [-0.2, -0.15) is 0 Å². The molecular weight excluding hydrogens is 332 g/mol. The summed E-state index contributed by atoms with van der Waals surface area (Å²) >= 11 is 23.2. The number of halogens is 4. The summed E-state index contributed by atoms with van der Waals surface area (Å²) in [6, 6.07) is 3.14. The number of amides is 1. The van der Waals surface area contributed by atoms with E-state index < -0.39 is 5.91 Å². The monoisotopic (exact) mass is 335 g/mol. The minimum atomic E-state index is -0.543. The zero-order valence-corrected chi connectivity index (χ0v) is 12.1. The summed E-state index contributed by atoms with van der Waals surface area (Å²) in [6.45, 7) is 0. The van der Waals surface area contributed by atoms with E-state index in [1.165, 1.54) is 12.4 Å². The van der Waals surface area contributed by atoms with Crippen molar-refractivity contribution in [1.29, 1.82) is 0 Å². The van der Waals surface area contributed by atoms with Crippen LogP contribution in [-0.2, 0) is 0 Å². The molecule has 0 fully saturated rings. The van der Waals surface area contributed by atoms with Crippen molar-refractivity contribution in [3.63, 3.8) is 0 Å². The first kappa shape index (κ1) is 14.3. The van der Waals surface area contributed by atoms with Crippen LogP contribution in [0.1, 0.15) is 10.5 Å². The van der Waals surface area contributed by atoms with Gasteiger partial charge >= 0.3 is 0 Å². The van der Waals surface area contributed by atoms with Crippen molar-refractivity contribution in [2.75, 3.05) is 5.32 Å². The Morgan fingerprint density at radius 3 is 2.37 bits per heavy atom. The molecule has 0 radical (unpaired) electrons. The van der Waals surface area contributed by atoms with Gasteiger partial charge < -0.3 is 5.32 Å². The van der Waals surface area contributed by atoms with Crippen molar-refractivity contribution in [2.24, 2.45) is 0 Å². The van der Waals surface area contributed by atoms with Gasteiger partial charge in [0, 0.05) is 12.4 Å². The van der Waals surface area contributed by atoms with E-state index in [0.717, 1.165) is 0 Å². The number of nitrogens with zero attached hydrogens (tertiary/aromatic N) is 2. The average molecular weight is 337 g/mol. The molecule has 19 heavy (non-hydrogen) atoms.